The average molecular weight is 263 g/mol. The van der Waals surface area contributed by atoms with Gasteiger partial charge in [0.2, 0.25) is 5.91 Å². The number of rotatable bonds is 6. The van der Waals surface area contributed by atoms with Gasteiger partial charge in [0, 0.05) is 18.5 Å². The van der Waals surface area contributed by atoms with E-state index < -0.39 is 0 Å². The molecule has 0 aromatic heterocycles. The summed E-state index contributed by atoms with van der Waals surface area (Å²) in [5.41, 5.74) is 0.782. The molecule has 0 heterocycles. The molecule has 0 bridgehead atoms. The number of benzene rings is 1. The summed E-state index contributed by atoms with van der Waals surface area (Å²) in [4.78, 5) is 11.6. The molecule has 1 aromatic carbocycles. The molecule has 0 unspecified atom stereocenters. The van der Waals surface area contributed by atoms with Gasteiger partial charge in [0.1, 0.15) is 11.4 Å². The van der Waals surface area contributed by atoms with Crippen LogP contribution in [0.15, 0.2) is 24.3 Å². The van der Waals surface area contributed by atoms with E-state index in [2.05, 4.69) is 12.2 Å². The maximum atomic E-state index is 11.6. The van der Waals surface area contributed by atoms with Gasteiger partial charge in [-0.05, 0) is 33.3 Å². The number of carbonyl (C=O) groups is 1. The fourth-order valence-corrected chi connectivity index (χ4v) is 1.70. The van der Waals surface area contributed by atoms with Crippen molar-refractivity contribution in [2.24, 2.45) is 0 Å². The summed E-state index contributed by atoms with van der Waals surface area (Å²) in [6.07, 6.45) is 2.57. The van der Waals surface area contributed by atoms with Gasteiger partial charge in [0.05, 0.1) is 0 Å². The van der Waals surface area contributed by atoms with Gasteiger partial charge in [0.15, 0.2) is 0 Å². The Kier molecular flexibility index (Phi) is 5.87. The molecule has 1 amide bonds. The first-order valence-electron chi connectivity index (χ1n) is 6.96. The molecule has 1 N–H and O–H groups in total. The molecule has 3 nitrogen and oxygen atoms in total. The van der Waals surface area contributed by atoms with Crippen LogP contribution in [-0.2, 0) is 11.3 Å². The van der Waals surface area contributed by atoms with Gasteiger partial charge < -0.3 is 10.1 Å². The molecule has 0 spiro atoms. The molecule has 0 saturated heterocycles. The summed E-state index contributed by atoms with van der Waals surface area (Å²) in [6.45, 7) is 8.66. The van der Waals surface area contributed by atoms with Crippen molar-refractivity contribution in [2.75, 3.05) is 0 Å². The van der Waals surface area contributed by atoms with E-state index in [1.165, 1.54) is 0 Å². The van der Waals surface area contributed by atoms with E-state index in [1.54, 1.807) is 0 Å². The SMILES string of the molecule is CCCCC(=O)NCc1ccccc1OC(C)(C)C. The van der Waals surface area contributed by atoms with Gasteiger partial charge in [-0.15, -0.1) is 0 Å². The second kappa shape index (κ2) is 7.17. The summed E-state index contributed by atoms with van der Waals surface area (Å²) in [5, 5.41) is 2.94. The molecule has 3 heteroatoms. The topological polar surface area (TPSA) is 38.3 Å². The van der Waals surface area contributed by atoms with Crippen molar-refractivity contribution in [2.45, 2.75) is 59.1 Å². The van der Waals surface area contributed by atoms with Crippen LogP contribution >= 0.6 is 0 Å². The van der Waals surface area contributed by atoms with Crippen molar-refractivity contribution < 1.29 is 9.53 Å². The molecular formula is C16H25NO2. The molecule has 1 aromatic rings. The number of hydrogen-bond donors (Lipinski definition) is 1. The molecule has 0 fully saturated rings. The first-order chi connectivity index (χ1) is 8.92. The Morgan fingerprint density at radius 3 is 2.58 bits per heavy atom. The van der Waals surface area contributed by atoms with Crippen LogP contribution in [0.25, 0.3) is 0 Å². The van der Waals surface area contributed by atoms with Gasteiger partial charge in [-0.3, -0.25) is 4.79 Å². The quantitative estimate of drug-likeness (QED) is 0.850. The minimum atomic E-state index is -0.234. The highest BCUT2D eigenvalue weighted by molar-refractivity contribution is 5.75. The first-order valence-corrected chi connectivity index (χ1v) is 6.96. The van der Waals surface area contributed by atoms with E-state index in [-0.39, 0.29) is 11.5 Å². The molecule has 0 aliphatic rings. The highest BCUT2D eigenvalue weighted by Gasteiger charge is 2.14. The summed E-state index contributed by atoms with van der Waals surface area (Å²) in [7, 11) is 0. The zero-order valence-electron chi connectivity index (χ0n) is 12.5. The number of hydrogen-bond acceptors (Lipinski definition) is 2. The molecule has 0 saturated carbocycles. The molecule has 0 aliphatic carbocycles. The standard InChI is InChI=1S/C16H25NO2/c1-5-6-11-15(18)17-12-13-9-7-8-10-14(13)19-16(2,3)4/h7-10H,5-6,11-12H2,1-4H3,(H,17,18). The largest absolute Gasteiger partial charge is 0.488 e. The van der Waals surface area contributed by atoms with Crippen molar-refractivity contribution in [3.63, 3.8) is 0 Å². The lowest BCUT2D eigenvalue weighted by molar-refractivity contribution is -0.121. The van der Waals surface area contributed by atoms with Crippen molar-refractivity contribution >= 4 is 5.91 Å². The fourth-order valence-electron chi connectivity index (χ4n) is 1.70. The Hall–Kier alpha value is -1.51. The highest BCUT2D eigenvalue weighted by Crippen LogP contribution is 2.22. The second-order valence-corrected chi connectivity index (χ2v) is 5.70. The third-order valence-corrected chi connectivity index (χ3v) is 2.62. The fraction of sp³-hybridized carbons (Fsp3) is 0.562. The molecular weight excluding hydrogens is 238 g/mol. The minimum absolute atomic E-state index is 0.104. The number of amides is 1. The number of nitrogens with one attached hydrogen (secondary N) is 1. The molecule has 1 rings (SSSR count). The van der Waals surface area contributed by atoms with Crippen LogP contribution in [-0.4, -0.2) is 11.5 Å². The Morgan fingerprint density at radius 1 is 1.26 bits per heavy atom. The van der Waals surface area contributed by atoms with Crippen molar-refractivity contribution in [3.8, 4) is 5.75 Å². The monoisotopic (exact) mass is 263 g/mol. The Labute approximate surface area is 116 Å². The van der Waals surface area contributed by atoms with Gasteiger partial charge in [-0.25, -0.2) is 0 Å². The third kappa shape index (κ3) is 6.27. The molecule has 106 valence electrons. The van der Waals surface area contributed by atoms with Gasteiger partial charge in [0.25, 0.3) is 0 Å². The van der Waals surface area contributed by atoms with Gasteiger partial charge in [-0.2, -0.15) is 0 Å². The third-order valence-electron chi connectivity index (χ3n) is 2.62. The van der Waals surface area contributed by atoms with E-state index in [0.29, 0.717) is 13.0 Å². The van der Waals surface area contributed by atoms with E-state index >= 15 is 0 Å². The van der Waals surface area contributed by atoms with Crippen molar-refractivity contribution in [1.29, 1.82) is 0 Å². The van der Waals surface area contributed by atoms with Gasteiger partial charge in [-0.1, -0.05) is 31.5 Å². The maximum absolute atomic E-state index is 11.6. The summed E-state index contributed by atoms with van der Waals surface area (Å²) in [6, 6.07) is 7.84. The van der Waals surface area contributed by atoms with Crippen LogP contribution in [0.1, 0.15) is 52.5 Å². The van der Waals surface area contributed by atoms with Crippen molar-refractivity contribution in [1.82, 2.24) is 5.32 Å². The predicted octanol–water partition coefficient (Wildman–Crippen LogP) is 3.67. The van der Waals surface area contributed by atoms with Crippen LogP contribution in [0.4, 0.5) is 0 Å². The number of ether oxygens (including phenoxy) is 1. The zero-order chi connectivity index (χ0) is 14.3. The average Bonchev–Trinajstić information content (AvgIpc) is 2.33. The minimum Gasteiger partial charge on any atom is -0.488 e. The first kappa shape index (κ1) is 15.5. The lowest BCUT2D eigenvalue weighted by Gasteiger charge is -2.23. The van der Waals surface area contributed by atoms with Crippen LogP contribution in [0, 0.1) is 0 Å². The number of unbranched alkanes of at least 4 members (excludes halogenated alkanes) is 1. The van der Waals surface area contributed by atoms with Crippen LogP contribution in [0.5, 0.6) is 5.75 Å². The predicted molar refractivity (Wildman–Crippen MR) is 78.2 cm³/mol. The highest BCUT2D eigenvalue weighted by atomic mass is 16.5. The van der Waals surface area contributed by atoms with E-state index in [1.807, 2.05) is 45.0 Å². The van der Waals surface area contributed by atoms with Crippen LogP contribution < -0.4 is 10.1 Å². The molecule has 0 aliphatic heterocycles. The normalized spacial score (nSPS) is 11.2. The smallest absolute Gasteiger partial charge is 0.220 e. The Bertz CT molecular complexity index is 407. The second-order valence-electron chi connectivity index (χ2n) is 5.70. The molecule has 19 heavy (non-hydrogen) atoms. The van der Waals surface area contributed by atoms with E-state index in [0.717, 1.165) is 24.2 Å². The lowest BCUT2D eigenvalue weighted by atomic mass is 10.1. The number of para-hydroxylation sites is 1. The molecule has 0 atom stereocenters. The zero-order valence-corrected chi connectivity index (χ0v) is 12.5. The summed E-state index contributed by atoms with van der Waals surface area (Å²) < 4.78 is 5.89. The molecule has 0 radical (unpaired) electrons. The Balaban J connectivity index is 2.60. The van der Waals surface area contributed by atoms with E-state index in [4.69, 9.17) is 4.74 Å². The Morgan fingerprint density at radius 2 is 1.95 bits per heavy atom. The summed E-state index contributed by atoms with van der Waals surface area (Å²) in [5.74, 6) is 0.943. The summed E-state index contributed by atoms with van der Waals surface area (Å²) >= 11 is 0. The maximum Gasteiger partial charge on any atom is 0.220 e. The lowest BCUT2D eigenvalue weighted by Crippen LogP contribution is -2.26. The number of carbonyl (C=O) groups excluding carboxylic acids is 1. The van der Waals surface area contributed by atoms with E-state index in [9.17, 15) is 4.79 Å². The van der Waals surface area contributed by atoms with Gasteiger partial charge >= 0.3 is 0 Å². The van der Waals surface area contributed by atoms with Crippen LogP contribution in [0.3, 0.4) is 0 Å². The van der Waals surface area contributed by atoms with Crippen LogP contribution in [0.2, 0.25) is 0 Å². The van der Waals surface area contributed by atoms with Crippen molar-refractivity contribution in [3.05, 3.63) is 29.8 Å².